The summed E-state index contributed by atoms with van der Waals surface area (Å²) in [5.41, 5.74) is 1.60. The van der Waals surface area contributed by atoms with Gasteiger partial charge in [0.15, 0.2) is 11.6 Å². The highest BCUT2D eigenvalue weighted by molar-refractivity contribution is 6.31. The first-order valence-electron chi connectivity index (χ1n) is 10.0. The van der Waals surface area contributed by atoms with E-state index in [2.05, 4.69) is 25.9 Å². The molecular weight excluding hydrogens is 468 g/mol. The molecule has 0 aliphatic heterocycles. The molecule has 0 fully saturated rings. The Morgan fingerprint density at radius 1 is 0.971 bits per heavy atom. The smallest absolute Gasteiger partial charge is 0.323 e. The second kappa shape index (κ2) is 10.3. The number of hydrogen-bond acceptors (Lipinski definition) is 6. The van der Waals surface area contributed by atoms with Crippen molar-refractivity contribution in [1.82, 2.24) is 9.97 Å². The van der Waals surface area contributed by atoms with E-state index in [0.29, 0.717) is 29.1 Å². The van der Waals surface area contributed by atoms with Crippen LogP contribution in [0.5, 0.6) is 11.5 Å². The Balaban J connectivity index is 1.43. The molecule has 0 bridgehead atoms. The third kappa shape index (κ3) is 5.66. The molecule has 4 N–H and O–H groups in total. The number of nitrogens with one attached hydrogen (secondary N) is 3. The monoisotopic (exact) mass is 485 g/mol. The summed E-state index contributed by atoms with van der Waals surface area (Å²) in [5.74, 6) is -0.541. The van der Waals surface area contributed by atoms with Crippen LogP contribution in [0.2, 0.25) is 5.02 Å². The van der Waals surface area contributed by atoms with Crippen molar-refractivity contribution in [2.24, 2.45) is 0 Å². The van der Waals surface area contributed by atoms with Gasteiger partial charge in [0.05, 0.1) is 28.9 Å². The zero-order valence-corrected chi connectivity index (χ0v) is 18.2. The number of urea groups is 1. The minimum atomic E-state index is -0.702. The van der Waals surface area contributed by atoms with Crippen LogP contribution in [-0.2, 0) is 0 Å². The van der Waals surface area contributed by atoms with E-state index >= 15 is 0 Å². The minimum Gasteiger partial charge on any atom is -0.454 e. The standard InChI is InChI=1S/C23H18ClF2N5O3/c24-16-9-13(1-4-17(16)25)29-23(33)30-14-2-6-21(18(26)10-14)34-15-3-5-19-20(11-15)31-22(12-28-19)27-7-8-32/h1-6,9-12,32H,7-8H2,(H,27,31)(H2,29,30,33). The molecule has 0 spiro atoms. The lowest BCUT2D eigenvalue weighted by molar-refractivity contribution is 0.262. The summed E-state index contributed by atoms with van der Waals surface area (Å²) in [7, 11) is 0. The summed E-state index contributed by atoms with van der Waals surface area (Å²) in [6.07, 6.45) is 1.55. The summed E-state index contributed by atoms with van der Waals surface area (Å²) in [5, 5.41) is 16.7. The van der Waals surface area contributed by atoms with Crippen LogP contribution >= 0.6 is 11.6 Å². The number of ether oxygens (including phenoxy) is 1. The first-order chi connectivity index (χ1) is 16.4. The van der Waals surface area contributed by atoms with Crippen molar-refractivity contribution in [3.05, 3.63) is 77.5 Å². The summed E-state index contributed by atoms with van der Waals surface area (Å²) in [6.45, 7) is 0.285. The number of benzene rings is 3. The fraction of sp³-hybridized carbons (Fsp3) is 0.0870. The molecule has 3 aromatic carbocycles. The van der Waals surface area contributed by atoms with Crippen molar-refractivity contribution in [1.29, 1.82) is 0 Å². The highest BCUT2D eigenvalue weighted by atomic mass is 35.5. The quantitative estimate of drug-likeness (QED) is 0.279. The van der Waals surface area contributed by atoms with E-state index in [1.807, 2.05) is 0 Å². The molecule has 34 heavy (non-hydrogen) atoms. The topological polar surface area (TPSA) is 108 Å². The molecule has 8 nitrogen and oxygen atoms in total. The average molecular weight is 486 g/mol. The Bertz CT molecular complexity index is 1360. The molecule has 1 aromatic heterocycles. The van der Waals surface area contributed by atoms with E-state index in [0.717, 1.165) is 12.1 Å². The van der Waals surface area contributed by atoms with E-state index < -0.39 is 17.7 Å². The average Bonchev–Trinajstić information content (AvgIpc) is 2.81. The van der Waals surface area contributed by atoms with Crippen molar-refractivity contribution >= 4 is 45.9 Å². The van der Waals surface area contributed by atoms with Gasteiger partial charge in [0.1, 0.15) is 17.4 Å². The summed E-state index contributed by atoms with van der Waals surface area (Å²) < 4.78 is 33.5. The number of nitrogens with zero attached hydrogens (tertiary/aromatic N) is 2. The van der Waals surface area contributed by atoms with Crippen LogP contribution in [0.3, 0.4) is 0 Å². The van der Waals surface area contributed by atoms with E-state index in [4.69, 9.17) is 21.4 Å². The Kier molecular flexibility index (Phi) is 7.00. The van der Waals surface area contributed by atoms with Gasteiger partial charge in [-0.1, -0.05) is 11.6 Å². The fourth-order valence-electron chi connectivity index (χ4n) is 2.98. The number of hydrogen-bond donors (Lipinski definition) is 4. The molecule has 1 heterocycles. The fourth-order valence-corrected chi connectivity index (χ4v) is 3.16. The molecule has 0 atom stereocenters. The number of halogens is 3. The van der Waals surface area contributed by atoms with Crippen LogP contribution in [0.1, 0.15) is 0 Å². The second-order valence-electron chi connectivity index (χ2n) is 7.01. The molecular formula is C23H18ClF2N5O3. The molecule has 174 valence electrons. The maximum Gasteiger partial charge on any atom is 0.323 e. The van der Waals surface area contributed by atoms with Gasteiger partial charge in [0.25, 0.3) is 0 Å². The lowest BCUT2D eigenvalue weighted by Gasteiger charge is -2.11. The Hall–Kier alpha value is -4.02. The van der Waals surface area contributed by atoms with Crippen molar-refractivity contribution < 1.29 is 23.4 Å². The van der Waals surface area contributed by atoms with Crippen molar-refractivity contribution in [3.63, 3.8) is 0 Å². The molecule has 0 aliphatic carbocycles. The van der Waals surface area contributed by atoms with Crippen molar-refractivity contribution in [2.45, 2.75) is 0 Å². The van der Waals surface area contributed by atoms with Crippen LogP contribution < -0.4 is 20.7 Å². The number of carbonyl (C=O) groups is 1. The zero-order valence-electron chi connectivity index (χ0n) is 17.5. The summed E-state index contributed by atoms with van der Waals surface area (Å²) in [6, 6.07) is 11.9. The van der Waals surface area contributed by atoms with Crippen LogP contribution in [-0.4, -0.2) is 34.3 Å². The SMILES string of the molecule is O=C(Nc1ccc(Oc2ccc3ncc(NCCO)nc3c2)c(F)c1)Nc1ccc(F)c(Cl)c1. The highest BCUT2D eigenvalue weighted by Gasteiger charge is 2.11. The van der Waals surface area contributed by atoms with Gasteiger partial charge in [-0.05, 0) is 42.5 Å². The van der Waals surface area contributed by atoms with Crippen molar-refractivity contribution in [2.75, 3.05) is 29.1 Å². The van der Waals surface area contributed by atoms with E-state index in [1.54, 1.807) is 24.4 Å². The molecule has 0 unspecified atom stereocenters. The maximum atomic E-state index is 14.6. The van der Waals surface area contributed by atoms with Gasteiger partial charge >= 0.3 is 6.03 Å². The molecule has 0 saturated heterocycles. The highest BCUT2D eigenvalue weighted by Crippen LogP contribution is 2.29. The molecule has 0 aliphatic rings. The number of aliphatic hydroxyl groups is 1. The predicted molar refractivity (Wildman–Crippen MR) is 126 cm³/mol. The van der Waals surface area contributed by atoms with Gasteiger partial charge in [-0.25, -0.2) is 18.6 Å². The number of rotatable bonds is 7. The van der Waals surface area contributed by atoms with Gasteiger partial charge in [-0.3, -0.25) is 4.98 Å². The molecule has 2 amide bonds. The van der Waals surface area contributed by atoms with Crippen LogP contribution in [0.25, 0.3) is 11.0 Å². The van der Waals surface area contributed by atoms with Crippen LogP contribution in [0.15, 0.2) is 60.8 Å². The molecule has 4 aromatic rings. The largest absolute Gasteiger partial charge is 0.454 e. The van der Waals surface area contributed by atoms with Gasteiger partial charge in [0, 0.05) is 30.1 Å². The number of aromatic nitrogens is 2. The van der Waals surface area contributed by atoms with E-state index in [1.165, 1.54) is 24.3 Å². The molecule has 11 heteroatoms. The van der Waals surface area contributed by atoms with Crippen LogP contribution in [0, 0.1) is 11.6 Å². The first-order valence-corrected chi connectivity index (χ1v) is 10.4. The normalized spacial score (nSPS) is 10.7. The predicted octanol–water partition coefficient (Wildman–Crippen LogP) is 5.40. The van der Waals surface area contributed by atoms with E-state index in [-0.39, 0.29) is 28.8 Å². The lowest BCUT2D eigenvalue weighted by Crippen LogP contribution is -2.19. The number of carbonyl (C=O) groups excluding carboxylic acids is 1. The number of fused-ring (bicyclic) bond motifs is 1. The van der Waals surface area contributed by atoms with Gasteiger partial charge in [0.2, 0.25) is 0 Å². The third-order valence-electron chi connectivity index (χ3n) is 4.53. The molecule has 0 saturated carbocycles. The van der Waals surface area contributed by atoms with Gasteiger partial charge in [-0.15, -0.1) is 0 Å². The van der Waals surface area contributed by atoms with Crippen molar-refractivity contribution in [3.8, 4) is 11.5 Å². The summed E-state index contributed by atoms with van der Waals surface area (Å²) in [4.78, 5) is 20.8. The third-order valence-corrected chi connectivity index (χ3v) is 4.82. The van der Waals surface area contributed by atoms with E-state index in [9.17, 15) is 13.6 Å². The van der Waals surface area contributed by atoms with Gasteiger partial charge in [-0.2, -0.15) is 0 Å². The Labute approximate surface area is 197 Å². The van der Waals surface area contributed by atoms with Gasteiger partial charge < -0.3 is 25.8 Å². The van der Waals surface area contributed by atoms with Crippen LogP contribution in [0.4, 0.5) is 30.8 Å². The zero-order chi connectivity index (χ0) is 24.1. The lowest BCUT2D eigenvalue weighted by atomic mass is 10.2. The summed E-state index contributed by atoms with van der Waals surface area (Å²) >= 11 is 5.69. The molecule has 4 rings (SSSR count). The maximum absolute atomic E-state index is 14.6. The number of amides is 2. The second-order valence-corrected chi connectivity index (χ2v) is 7.42. The Morgan fingerprint density at radius 3 is 2.47 bits per heavy atom. The first kappa shape index (κ1) is 23.1. The minimum absolute atomic E-state index is 0.0464. The number of anilines is 3. The number of aliphatic hydroxyl groups excluding tert-OH is 1. The Morgan fingerprint density at radius 2 is 1.74 bits per heavy atom. The molecule has 0 radical (unpaired) electrons.